The van der Waals surface area contributed by atoms with Crippen LogP contribution in [0.3, 0.4) is 0 Å². The van der Waals surface area contributed by atoms with Gasteiger partial charge in [0.2, 0.25) is 5.91 Å². The zero-order chi connectivity index (χ0) is 18.8. The van der Waals surface area contributed by atoms with Crippen molar-refractivity contribution in [1.82, 2.24) is 10.3 Å². The number of nitrogens with zero attached hydrogens (tertiary/aromatic N) is 2. The molecule has 0 unspecified atom stereocenters. The van der Waals surface area contributed by atoms with E-state index in [2.05, 4.69) is 20.6 Å². The molecule has 2 heterocycles. The summed E-state index contributed by atoms with van der Waals surface area (Å²) in [4.78, 5) is 19.5. The van der Waals surface area contributed by atoms with Crippen LogP contribution in [-0.4, -0.2) is 50.3 Å². The van der Waals surface area contributed by atoms with Gasteiger partial charge >= 0.3 is 0 Å². The smallest absolute Gasteiger partial charge is 0.217 e. The average Bonchev–Trinajstić information content (AvgIpc) is 3.25. The fourth-order valence-corrected chi connectivity index (χ4v) is 2.60. The molecule has 142 valence electrons. The van der Waals surface area contributed by atoms with Gasteiger partial charge in [0.05, 0.1) is 32.9 Å². The third kappa shape index (κ3) is 6.82. The Morgan fingerprint density at radius 2 is 2.23 bits per heavy atom. The lowest BCUT2D eigenvalue weighted by atomic mass is 10.3. The number of methoxy groups -OCH3 is 1. The summed E-state index contributed by atoms with van der Waals surface area (Å²) in [6, 6.07) is 3.61. The topological polar surface area (TPSA) is 124 Å². The van der Waals surface area contributed by atoms with Crippen LogP contribution in [0.25, 0.3) is 11.5 Å². The van der Waals surface area contributed by atoms with E-state index in [9.17, 15) is 4.79 Å². The molecule has 0 fully saturated rings. The van der Waals surface area contributed by atoms with E-state index < -0.39 is 0 Å². The predicted octanol–water partition coefficient (Wildman–Crippen LogP) is 1.43. The van der Waals surface area contributed by atoms with Gasteiger partial charge in [-0.25, -0.2) is 4.98 Å². The molecule has 2 aromatic rings. The molecule has 1 amide bonds. The number of rotatable bonds is 10. The fourth-order valence-electron chi connectivity index (χ4n) is 1.89. The molecule has 10 heteroatoms. The molecule has 0 aliphatic rings. The molecule has 0 aromatic carbocycles. The molecule has 0 saturated heterocycles. The van der Waals surface area contributed by atoms with Crippen LogP contribution < -0.4 is 16.4 Å². The summed E-state index contributed by atoms with van der Waals surface area (Å²) in [5, 5.41) is 8.08. The highest BCUT2D eigenvalue weighted by Gasteiger charge is 2.10. The Hall–Kier alpha value is -2.43. The van der Waals surface area contributed by atoms with Crippen LogP contribution in [0.2, 0.25) is 0 Å². The Bertz CT molecular complexity index is 728. The van der Waals surface area contributed by atoms with Crippen LogP contribution >= 0.6 is 11.3 Å². The van der Waals surface area contributed by atoms with Gasteiger partial charge in [0, 0.05) is 19.4 Å². The Labute approximate surface area is 155 Å². The van der Waals surface area contributed by atoms with E-state index in [1.54, 1.807) is 13.2 Å². The summed E-state index contributed by atoms with van der Waals surface area (Å²) >= 11 is 1.39. The second-order valence-corrected chi connectivity index (χ2v) is 6.07. The highest BCUT2D eigenvalue weighted by molar-refractivity contribution is 7.14. The molecule has 0 atom stereocenters. The summed E-state index contributed by atoms with van der Waals surface area (Å²) in [5.41, 5.74) is 6.51. The number of aliphatic imine (C=N–C) groups is 1. The number of guanidine groups is 1. The average molecular weight is 381 g/mol. The normalized spacial score (nSPS) is 11.5. The number of hydrogen-bond donors (Lipinski definition) is 3. The molecule has 0 saturated carbocycles. The maximum Gasteiger partial charge on any atom is 0.217 e. The van der Waals surface area contributed by atoms with Crippen molar-refractivity contribution in [3.05, 3.63) is 23.3 Å². The minimum Gasteiger partial charge on any atom is -0.458 e. The van der Waals surface area contributed by atoms with Crippen molar-refractivity contribution < 1.29 is 18.7 Å². The number of hydrogen-bond acceptors (Lipinski definition) is 7. The molecule has 0 spiro atoms. The number of carbonyl (C=O) groups excluding carboxylic acids is 1. The number of amides is 1. The summed E-state index contributed by atoms with van der Waals surface area (Å²) < 4.78 is 15.9. The van der Waals surface area contributed by atoms with Crippen molar-refractivity contribution in [2.24, 2.45) is 10.7 Å². The van der Waals surface area contributed by atoms with Crippen molar-refractivity contribution in [2.45, 2.75) is 13.5 Å². The predicted molar refractivity (Wildman–Crippen MR) is 100 cm³/mol. The Morgan fingerprint density at radius 3 is 3.00 bits per heavy atom. The van der Waals surface area contributed by atoms with Gasteiger partial charge < -0.3 is 30.3 Å². The van der Waals surface area contributed by atoms with E-state index in [-0.39, 0.29) is 11.9 Å². The molecule has 2 aromatic heterocycles. The number of nitrogens with two attached hydrogens (primary N) is 1. The fraction of sp³-hybridized carbons (Fsp3) is 0.438. The van der Waals surface area contributed by atoms with Crippen molar-refractivity contribution in [3.63, 3.8) is 0 Å². The quantitative estimate of drug-likeness (QED) is 0.323. The van der Waals surface area contributed by atoms with E-state index in [0.29, 0.717) is 55.3 Å². The van der Waals surface area contributed by atoms with Gasteiger partial charge in [-0.15, -0.1) is 11.3 Å². The SMILES string of the molecule is COCCOCCN=C(N)Nc1nc(-c2ccc(CNC(C)=O)o2)cs1. The molecule has 4 N–H and O–H groups in total. The number of carbonyl (C=O) groups is 1. The van der Waals surface area contributed by atoms with E-state index in [1.165, 1.54) is 18.3 Å². The zero-order valence-electron chi connectivity index (χ0n) is 14.8. The van der Waals surface area contributed by atoms with Crippen LogP contribution in [-0.2, 0) is 20.8 Å². The van der Waals surface area contributed by atoms with Crippen LogP contribution in [0.4, 0.5) is 5.13 Å². The second kappa shape index (κ2) is 10.5. The van der Waals surface area contributed by atoms with E-state index in [1.807, 2.05) is 11.4 Å². The maximum absolute atomic E-state index is 10.9. The maximum atomic E-state index is 10.9. The first-order chi connectivity index (χ1) is 12.6. The Balaban J connectivity index is 1.82. The molecular weight excluding hydrogens is 358 g/mol. The lowest BCUT2D eigenvalue weighted by molar-refractivity contribution is -0.119. The monoisotopic (exact) mass is 381 g/mol. The van der Waals surface area contributed by atoms with Gasteiger partial charge in [-0.05, 0) is 12.1 Å². The van der Waals surface area contributed by atoms with Gasteiger partial charge in [0.25, 0.3) is 0 Å². The third-order valence-corrected chi connectivity index (χ3v) is 3.87. The van der Waals surface area contributed by atoms with Gasteiger partial charge in [-0.3, -0.25) is 9.79 Å². The summed E-state index contributed by atoms with van der Waals surface area (Å²) in [6.45, 7) is 3.81. The van der Waals surface area contributed by atoms with Crippen LogP contribution in [0, 0.1) is 0 Å². The van der Waals surface area contributed by atoms with Gasteiger partial charge in [0.15, 0.2) is 16.9 Å². The first kappa shape index (κ1) is 19.9. The van der Waals surface area contributed by atoms with E-state index in [0.717, 1.165) is 0 Å². The number of aromatic nitrogens is 1. The molecular formula is C16H23N5O4S. The van der Waals surface area contributed by atoms with Gasteiger partial charge in [-0.2, -0.15) is 0 Å². The second-order valence-electron chi connectivity index (χ2n) is 5.21. The summed E-state index contributed by atoms with van der Waals surface area (Å²) in [7, 11) is 1.62. The first-order valence-corrected chi connectivity index (χ1v) is 8.89. The molecule has 26 heavy (non-hydrogen) atoms. The van der Waals surface area contributed by atoms with Crippen LogP contribution in [0.15, 0.2) is 26.9 Å². The number of ether oxygens (including phenoxy) is 2. The molecule has 2 rings (SSSR count). The number of furan rings is 1. The molecule has 0 aliphatic heterocycles. The van der Waals surface area contributed by atoms with Gasteiger partial charge in [0.1, 0.15) is 11.5 Å². The lowest BCUT2D eigenvalue weighted by Crippen LogP contribution is -2.23. The van der Waals surface area contributed by atoms with E-state index >= 15 is 0 Å². The Morgan fingerprint density at radius 1 is 1.38 bits per heavy atom. The number of nitrogens with one attached hydrogen (secondary N) is 2. The standard InChI is InChI=1S/C16H23N5O4S/c1-11(22)19-9-12-3-4-14(25-12)13-10-26-16(20-13)21-15(17)18-5-6-24-8-7-23-2/h3-4,10H,5-9H2,1-2H3,(H,19,22)(H3,17,18,20,21). The Kier molecular flexibility index (Phi) is 8.06. The highest BCUT2D eigenvalue weighted by Crippen LogP contribution is 2.26. The summed E-state index contributed by atoms with van der Waals surface area (Å²) in [5.74, 6) is 1.44. The van der Waals surface area contributed by atoms with E-state index in [4.69, 9.17) is 19.6 Å². The minimum atomic E-state index is -0.109. The molecule has 0 radical (unpaired) electrons. The van der Waals surface area contributed by atoms with Crippen molar-refractivity contribution in [2.75, 3.05) is 38.8 Å². The highest BCUT2D eigenvalue weighted by atomic mass is 32.1. The molecule has 9 nitrogen and oxygen atoms in total. The third-order valence-electron chi connectivity index (χ3n) is 3.11. The zero-order valence-corrected chi connectivity index (χ0v) is 15.6. The summed E-state index contributed by atoms with van der Waals surface area (Å²) in [6.07, 6.45) is 0. The van der Waals surface area contributed by atoms with Crippen LogP contribution in [0.5, 0.6) is 0 Å². The van der Waals surface area contributed by atoms with Crippen molar-refractivity contribution >= 4 is 28.3 Å². The van der Waals surface area contributed by atoms with Crippen molar-refractivity contribution in [1.29, 1.82) is 0 Å². The number of thiazole rings is 1. The minimum absolute atomic E-state index is 0.109. The van der Waals surface area contributed by atoms with Gasteiger partial charge in [-0.1, -0.05) is 0 Å². The first-order valence-electron chi connectivity index (χ1n) is 8.01. The molecule has 0 aliphatic carbocycles. The number of anilines is 1. The largest absolute Gasteiger partial charge is 0.458 e. The molecule has 0 bridgehead atoms. The van der Waals surface area contributed by atoms with Crippen LogP contribution in [0.1, 0.15) is 12.7 Å². The lowest BCUT2D eigenvalue weighted by Gasteiger charge is -2.03. The van der Waals surface area contributed by atoms with Crippen molar-refractivity contribution in [3.8, 4) is 11.5 Å².